The first kappa shape index (κ1) is 18.0. The van der Waals surface area contributed by atoms with Crippen LogP contribution in [-0.2, 0) is 16.5 Å². The molecule has 0 saturated heterocycles. The molecule has 11 heteroatoms. The summed E-state index contributed by atoms with van der Waals surface area (Å²) in [6.07, 6.45) is 5.08. The average Bonchev–Trinajstić information content (AvgIpc) is 2.35. The molecule has 0 radical (unpaired) electrons. The predicted octanol–water partition coefficient (Wildman–Crippen LogP) is -0.0710. The van der Waals surface area contributed by atoms with E-state index in [2.05, 4.69) is 9.97 Å². The van der Waals surface area contributed by atoms with Crippen LogP contribution in [0.1, 0.15) is 0 Å². The molecule has 0 amide bonds. The third kappa shape index (κ3) is 86.9. The first-order chi connectivity index (χ1) is 5.96. The zero-order valence-corrected chi connectivity index (χ0v) is 7.33. The van der Waals surface area contributed by atoms with Gasteiger partial charge in [-0.25, -0.2) is 4.98 Å². The molecule has 0 saturated carbocycles. The number of aromatic amines is 1. The summed E-state index contributed by atoms with van der Waals surface area (Å²) in [5, 5.41) is 29.5. The molecule has 0 aromatic carbocycles. The van der Waals surface area contributed by atoms with Crippen LogP contribution in [0.2, 0.25) is 0 Å². The van der Waals surface area contributed by atoms with Gasteiger partial charge in [0.2, 0.25) is 0 Å². The molecule has 0 aliphatic rings. The monoisotopic (exact) mass is 250 g/mol. The van der Waals surface area contributed by atoms with Gasteiger partial charge in [-0.15, -0.1) is 0 Å². The van der Waals surface area contributed by atoms with Crippen LogP contribution in [0, 0.1) is 30.6 Å². The molecular weight excluding hydrogens is 247 g/mol. The summed E-state index contributed by atoms with van der Waals surface area (Å²) in [6.45, 7) is 0. The Labute approximate surface area is 86.7 Å². The molecule has 1 aromatic rings. The van der Waals surface area contributed by atoms with Crippen LogP contribution in [-0.4, -0.2) is 20.1 Å². The van der Waals surface area contributed by atoms with E-state index in [-0.39, 0.29) is 16.5 Å². The van der Waals surface area contributed by atoms with Crippen molar-refractivity contribution in [3.8, 4) is 0 Å². The molecule has 0 aliphatic heterocycles. The van der Waals surface area contributed by atoms with Crippen molar-refractivity contribution in [2.45, 2.75) is 0 Å². The second-order valence-electron chi connectivity index (χ2n) is 1.21. The molecule has 1 aromatic heterocycles. The largest absolute Gasteiger partial charge is 2.00 e. The SMILES string of the molecule is O=[N+]([O-])[O-].O=[N+]([O-])[O-].[Ni+2].c1c[nH]cn1. The van der Waals surface area contributed by atoms with E-state index in [0.29, 0.717) is 0 Å². The Morgan fingerprint density at radius 1 is 1.07 bits per heavy atom. The van der Waals surface area contributed by atoms with Crippen LogP contribution < -0.4 is 0 Å². The van der Waals surface area contributed by atoms with Crippen molar-refractivity contribution in [3.05, 3.63) is 49.4 Å². The van der Waals surface area contributed by atoms with Crippen molar-refractivity contribution in [1.29, 1.82) is 0 Å². The molecule has 0 atom stereocenters. The van der Waals surface area contributed by atoms with E-state index in [1.165, 1.54) is 0 Å². The van der Waals surface area contributed by atoms with Gasteiger partial charge in [-0.3, -0.25) is 0 Å². The molecule has 10 nitrogen and oxygen atoms in total. The van der Waals surface area contributed by atoms with Crippen molar-refractivity contribution in [3.63, 3.8) is 0 Å². The van der Waals surface area contributed by atoms with E-state index in [1.807, 2.05) is 0 Å². The zero-order valence-electron chi connectivity index (χ0n) is 6.34. The van der Waals surface area contributed by atoms with Crippen LogP contribution in [0.3, 0.4) is 0 Å². The fourth-order valence-corrected chi connectivity index (χ4v) is 0.215. The molecular formula is C3H4N4NiO6. The number of hydrogen-bond acceptors (Lipinski definition) is 7. The molecule has 0 fully saturated rings. The second-order valence-corrected chi connectivity index (χ2v) is 1.21. The minimum atomic E-state index is -1.75. The van der Waals surface area contributed by atoms with Crippen molar-refractivity contribution < 1.29 is 26.7 Å². The molecule has 82 valence electrons. The minimum absolute atomic E-state index is 0. The van der Waals surface area contributed by atoms with Gasteiger partial charge in [-0.2, -0.15) is 0 Å². The van der Waals surface area contributed by atoms with Crippen LogP contribution in [0.25, 0.3) is 0 Å². The van der Waals surface area contributed by atoms with Crippen LogP contribution in [0.15, 0.2) is 18.7 Å². The number of hydrogen-bond donors (Lipinski definition) is 1. The zero-order chi connectivity index (χ0) is 10.7. The quantitative estimate of drug-likeness (QED) is 0.383. The maximum atomic E-state index is 8.25. The average molecular weight is 251 g/mol. The van der Waals surface area contributed by atoms with Gasteiger partial charge >= 0.3 is 16.5 Å². The van der Waals surface area contributed by atoms with E-state index in [4.69, 9.17) is 30.6 Å². The van der Waals surface area contributed by atoms with Gasteiger partial charge in [-0.05, 0) is 0 Å². The van der Waals surface area contributed by atoms with E-state index in [1.54, 1.807) is 18.7 Å². The normalized spacial score (nSPS) is 6.29. The van der Waals surface area contributed by atoms with Crippen molar-refractivity contribution >= 4 is 0 Å². The third-order valence-electron chi connectivity index (χ3n) is 0.406. The summed E-state index contributed by atoms with van der Waals surface area (Å²) in [5.41, 5.74) is 0. The van der Waals surface area contributed by atoms with Gasteiger partial charge in [0.05, 0.1) is 16.5 Å². The number of rotatable bonds is 0. The fourth-order valence-electron chi connectivity index (χ4n) is 0.215. The maximum Gasteiger partial charge on any atom is 2.00 e. The van der Waals surface area contributed by atoms with Gasteiger partial charge in [0, 0.05) is 12.4 Å². The minimum Gasteiger partial charge on any atom is -0.356 e. The summed E-state index contributed by atoms with van der Waals surface area (Å²) < 4.78 is 0. The Bertz CT molecular complexity index is 190. The molecule has 0 unspecified atom stereocenters. The summed E-state index contributed by atoms with van der Waals surface area (Å²) in [4.78, 5) is 22.9. The molecule has 0 bridgehead atoms. The Morgan fingerprint density at radius 3 is 1.50 bits per heavy atom. The fraction of sp³-hybridized carbons (Fsp3) is 0. The molecule has 1 N–H and O–H groups in total. The number of H-pyrrole nitrogens is 1. The van der Waals surface area contributed by atoms with E-state index >= 15 is 0 Å². The topological polar surface area (TPSA) is 161 Å². The van der Waals surface area contributed by atoms with E-state index < -0.39 is 10.2 Å². The van der Waals surface area contributed by atoms with E-state index in [0.717, 1.165) is 0 Å². The van der Waals surface area contributed by atoms with Crippen molar-refractivity contribution in [2.75, 3.05) is 0 Å². The summed E-state index contributed by atoms with van der Waals surface area (Å²) >= 11 is 0. The Morgan fingerprint density at radius 2 is 1.43 bits per heavy atom. The smallest absolute Gasteiger partial charge is 0.356 e. The Balaban J connectivity index is -0.000000127. The van der Waals surface area contributed by atoms with Crippen LogP contribution in [0.5, 0.6) is 0 Å². The Kier molecular flexibility index (Phi) is 17.6. The van der Waals surface area contributed by atoms with Crippen molar-refractivity contribution in [1.82, 2.24) is 9.97 Å². The molecule has 1 heterocycles. The first-order valence-corrected chi connectivity index (χ1v) is 2.52. The van der Waals surface area contributed by atoms with Crippen LogP contribution in [0.4, 0.5) is 0 Å². The number of nitrogens with zero attached hydrogens (tertiary/aromatic N) is 3. The summed E-state index contributed by atoms with van der Waals surface area (Å²) in [6, 6.07) is 0. The number of imidazole rings is 1. The van der Waals surface area contributed by atoms with Gasteiger partial charge in [0.15, 0.2) is 0 Å². The van der Waals surface area contributed by atoms with Gasteiger partial charge < -0.3 is 35.6 Å². The summed E-state index contributed by atoms with van der Waals surface area (Å²) in [7, 11) is 0. The van der Waals surface area contributed by atoms with Gasteiger partial charge in [0.1, 0.15) is 0 Å². The third-order valence-corrected chi connectivity index (χ3v) is 0.406. The van der Waals surface area contributed by atoms with Crippen molar-refractivity contribution in [2.24, 2.45) is 0 Å². The predicted molar refractivity (Wildman–Crippen MR) is 39.3 cm³/mol. The van der Waals surface area contributed by atoms with Gasteiger partial charge in [-0.1, -0.05) is 0 Å². The summed E-state index contributed by atoms with van der Waals surface area (Å²) in [5.74, 6) is 0. The molecule has 1 rings (SSSR count). The van der Waals surface area contributed by atoms with Crippen LogP contribution >= 0.6 is 0 Å². The van der Waals surface area contributed by atoms with Gasteiger partial charge in [0.25, 0.3) is 0 Å². The number of nitrogens with one attached hydrogen (secondary N) is 1. The molecule has 0 spiro atoms. The standard InChI is InChI=1S/C3H4N2.2NO3.Ni/c1-2-5-3-4-1;2*2-1(3)4;/h1-3H,(H,4,5);;;/q;2*-1;+2. The second kappa shape index (κ2) is 13.7. The Hall–Kier alpha value is -1.90. The first-order valence-electron chi connectivity index (χ1n) is 2.52. The molecule has 0 aliphatic carbocycles. The number of aromatic nitrogens is 2. The maximum absolute atomic E-state index is 8.25. The molecule has 14 heavy (non-hydrogen) atoms. The van der Waals surface area contributed by atoms with E-state index in [9.17, 15) is 0 Å².